The van der Waals surface area contributed by atoms with Crippen LogP contribution in [-0.4, -0.2) is 23.3 Å². The second-order valence-corrected chi connectivity index (χ2v) is 6.11. The lowest BCUT2D eigenvalue weighted by Crippen LogP contribution is -2.46. The summed E-state index contributed by atoms with van der Waals surface area (Å²) in [6.07, 6.45) is 10.1. The van der Waals surface area contributed by atoms with Crippen LogP contribution in [0.25, 0.3) is 0 Å². The van der Waals surface area contributed by atoms with Gasteiger partial charge in [-0.25, -0.2) is 0 Å². The maximum Gasteiger partial charge on any atom is 0.0699 e. The number of β-amino-alcohol motifs (C(OH)–C–C–N with tert-alkyl or cyclic N) is 1. The number of benzene rings is 1. The van der Waals surface area contributed by atoms with Gasteiger partial charge >= 0.3 is 0 Å². The fraction of sp³-hybridized carbons (Fsp3) is 0.611. The maximum atomic E-state index is 10.1. The van der Waals surface area contributed by atoms with Crippen molar-refractivity contribution < 1.29 is 5.11 Å². The zero-order valence-electron chi connectivity index (χ0n) is 12.6. The molecule has 20 heavy (non-hydrogen) atoms. The first-order valence-corrected chi connectivity index (χ1v) is 8.04. The Labute approximate surface area is 123 Å². The summed E-state index contributed by atoms with van der Waals surface area (Å²) in [6.45, 7) is 2.94. The molecule has 0 aromatic heterocycles. The van der Waals surface area contributed by atoms with Gasteiger partial charge in [-0.2, -0.15) is 0 Å². The zero-order chi connectivity index (χ0) is 14.3. The Balaban J connectivity index is 1.72. The van der Waals surface area contributed by atoms with Gasteiger partial charge in [-0.05, 0) is 37.7 Å². The second kappa shape index (κ2) is 7.80. The first-order chi connectivity index (χ1) is 9.74. The molecule has 0 amide bonds. The maximum absolute atomic E-state index is 10.1. The third-order valence-corrected chi connectivity index (χ3v) is 4.44. The molecule has 1 aliphatic carbocycles. The first-order valence-electron chi connectivity index (χ1n) is 8.04. The van der Waals surface area contributed by atoms with Gasteiger partial charge in [0.15, 0.2) is 0 Å². The van der Waals surface area contributed by atoms with Crippen molar-refractivity contribution in [2.75, 3.05) is 6.54 Å². The Morgan fingerprint density at radius 2 is 1.95 bits per heavy atom. The Morgan fingerprint density at radius 3 is 2.60 bits per heavy atom. The molecule has 1 radical (unpaired) electrons. The van der Waals surface area contributed by atoms with Crippen molar-refractivity contribution in [3.8, 4) is 0 Å². The molecule has 0 aliphatic heterocycles. The second-order valence-electron chi connectivity index (χ2n) is 6.11. The lowest BCUT2D eigenvalue weighted by Gasteiger charge is -2.31. The molecule has 1 aliphatic rings. The van der Waals surface area contributed by atoms with Crippen molar-refractivity contribution in [3.63, 3.8) is 0 Å². The van der Waals surface area contributed by atoms with Crippen LogP contribution in [0.2, 0.25) is 0 Å². The topological polar surface area (TPSA) is 32.3 Å². The van der Waals surface area contributed by atoms with Crippen molar-refractivity contribution in [2.24, 2.45) is 0 Å². The van der Waals surface area contributed by atoms with Crippen molar-refractivity contribution >= 4 is 0 Å². The van der Waals surface area contributed by atoms with Gasteiger partial charge < -0.3 is 10.4 Å². The SMILES string of the molecule is CCCC1(NC[C@H](O)[CH]Cc2ccccc2)CCCC1. The van der Waals surface area contributed by atoms with E-state index in [1.165, 1.54) is 44.1 Å². The molecule has 1 saturated carbocycles. The van der Waals surface area contributed by atoms with Gasteiger partial charge in [-0.1, -0.05) is 56.5 Å². The predicted molar refractivity (Wildman–Crippen MR) is 84.6 cm³/mol. The van der Waals surface area contributed by atoms with E-state index in [9.17, 15) is 5.11 Å². The van der Waals surface area contributed by atoms with E-state index >= 15 is 0 Å². The molecule has 0 spiro atoms. The van der Waals surface area contributed by atoms with E-state index in [0.29, 0.717) is 12.1 Å². The quantitative estimate of drug-likeness (QED) is 0.760. The Kier molecular flexibility index (Phi) is 6.06. The van der Waals surface area contributed by atoms with E-state index < -0.39 is 0 Å². The van der Waals surface area contributed by atoms with E-state index in [1.807, 2.05) is 24.6 Å². The van der Waals surface area contributed by atoms with Crippen molar-refractivity contribution in [2.45, 2.75) is 63.5 Å². The molecule has 111 valence electrons. The number of aliphatic hydroxyl groups is 1. The van der Waals surface area contributed by atoms with Gasteiger partial charge in [-0.15, -0.1) is 0 Å². The highest BCUT2D eigenvalue weighted by Crippen LogP contribution is 2.33. The third-order valence-electron chi connectivity index (χ3n) is 4.44. The van der Waals surface area contributed by atoms with Crippen molar-refractivity contribution in [1.82, 2.24) is 5.32 Å². The molecule has 2 rings (SSSR count). The predicted octanol–water partition coefficient (Wildman–Crippen LogP) is 3.50. The lowest BCUT2D eigenvalue weighted by atomic mass is 9.91. The summed E-state index contributed by atoms with van der Waals surface area (Å²) in [6, 6.07) is 10.3. The summed E-state index contributed by atoms with van der Waals surface area (Å²) in [4.78, 5) is 0. The van der Waals surface area contributed by atoms with Crippen LogP contribution < -0.4 is 5.32 Å². The summed E-state index contributed by atoms with van der Waals surface area (Å²) in [7, 11) is 0. The molecule has 2 nitrogen and oxygen atoms in total. The highest BCUT2D eigenvalue weighted by Gasteiger charge is 2.32. The van der Waals surface area contributed by atoms with Crippen LogP contribution in [0.15, 0.2) is 30.3 Å². The number of aliphatic hydroxyl groups excluding tert-OH is 1. The minimum Gasteiger partial charge on any atom is -0.391 e. The molecule has 1 aromatic rings. The Morgan fingerprint density at radius 1 is 1.25 bits per heavy atom. The molecule has 1 atom stereocenters. The summed E-state index contributed by atoms with van der Waals surface area (Å²) in [5.74, 6) is 0. The number of nitrogens with one attached hydrogen (secondary N) is 1. The number of hydrogen-bond acceptors (Lipinski definition) is 2. The van der Waals surface area contributed by atoms with Crippen molar-refractivity contribution in [3.05, 3.63) is 42.3 Å². The van der Waals surface area contributed by atoms with Crippen LogP contribution in [0.4, 0.5) is 0 Å². The van der Waals surface area contributed by atoms with Gasteiger partial charge in [0.1, 0.15) is 0 Å². The van der Waals surface area contributed by atoms with Gasteiger partial charge in [0.25, 0.3) is 0 Å². The van der Waals surface area contributed by atoms with Gasteiger partial charge in [0, 0.05) is 12.1 Å². The molecule has 1 fully saturated rings. The van der Waals surface area contributed by atoms with Crippen LogP contribution >= 0.6 is 0 Å². The monoisotopic (exact) mass is 274 g/mol. The summed E-state index contributed by atoms with van der Waals surface area (Å²) in [5, 5.41) is 13.8. The van der Waals surface area contributed by atoms with Crippen LogP contribution in [-0.2, 0) is 6.42 Å². The minimum absolute atomic E-state index is 0.302. The standard InChI is InChI=1S/C18H28NO/c1-2-12-18(13-6-7-14-18)19-15-17(20)11-10-16-8-4-3-5-9-16/h3-5,8-9,11,17,19-20H,2,6-7,10,12-15H2,1H3/t17-/m1/s1. The molecule has 0 bridgehead atoms. The third kappa shape index (κ3) is 4.60. The van der Waals surface area contributed by atoms with E-state index in [-0.39, 0.29) is 6.10 Å². The van der Waals surface area contributed by atoms with Crippen LogP contribution in [0.1, 0.15) is 51.0 Å². The van der Waals surface area contributed by atoms with Crippen LogP contribution in [0, 0.1) is 6.42 Å². The van der Waals surface area contributed by atoms with Crippen LogP contribution in [0.5, 0.6) is 0 Å². The normalized spacial score (nSPS) is 19.1. The largest absolute Gasteiger partial charge is 0.391 e. The smallest absolute Gasteiger partial charge is 0.0699 e. The fourth-order valence-corrected chi connectivity index (χ4v) is 3.34. The van der Waals surface area contributed by atoms with E-state index in [2.05, 4.69) is 24.4 Å². The molecule has 2 heteroatoms. The van der Waals surface area contributed by atoms with Gasteiger partial charge in [-0.3, -0.25) is 0 Å². The van der Waals surface area contributed by atoms with Crippen molar-refractivity contribution in [1.29, 1.82) is 0 Å². The first kappa shape index (κ1) is 15.5. The highest BCUT2D eigenvalue weighted by atomic mass is 16.3. The molecular weight excluding hydrogens is 246 g/mol. The Bertz CT molecular complexity index is 370. The lowest BCUT2D eigenvalue weighted by molar-refractivity contribution is 0.175. The molecule has 0 unspecified atom stereocenters. The molecule has 0 saturated heterocycles. The minimum atomic E-state index is -0.357. The zero-order valence-corrected chi connectivity index (χ0v) is 12.6. The highest BCUT2D eigenvalue weighted by molar-refractivity contribution is 5.16. The summed E-state index contributed by atoms with van der Waals surface area (Å²) >= 11 is 0. The molecule has 2 N–H and O–H groups in total. The van der Waals surface area contributed by atoms with E-state index in [1.54, 1.807) is 0 Å². The van der Waals surface area contributed by atoms with Crippen LogP contribution in [0.3, 0.4) is 0 Å². The number of hydrogen-bond donors (Lipinski definition) is 2. The fourth-order valence-electron chi connectivity index (χ4n) is 3.34. The average Bonchev–Trinajstić information content (AvgIpc) is 2.93. The van der Waals surface area contributed by atoms with Gasteiger partial charge in [0.05, 0.1) is 6.10 Å². The summed E-state index contributed by atoms with van der Waals surface area (Å²) < 4.78 is 0. The Hall–Kier alpha value is -0.860. The summed E-state index contributed by atoms with van der Waals surface area (Å²) in [5.41, 5.74) is 1.56. The van der Waals surface area contributed by atoms with E-state index in [0.717, 1.165) is 6.42 Å². The molecular formula is C18H28NO. The molecule has 0 heterocycles. The molecule has 1 aromatic carbocycles. The average molecular weight is 274 g/mol. The number of rotatable bonds is 8. The van der Waals surface area contributed by atoms with E-state index in [4.69, 9.17) is 0 Å². The van der Waals surface area contributed by atoms with Gasteiger partial charge in [0.2, 0.25) is 0 Å².